The molecule has 4 radical (unpaired) electrons. The van der Waals surface area contributed by atoms with E-state index in [1.165, 1.54) is 51.1 Å². The van der Waals surface area contributed by atoms with Crippen LogP contribution in [0.3, 0.4) is 0 Å². The van der Waals surface area contributed by atoms with Crippen LogP contribution in [0.4, 0.5) is 17.1 Å². The minimum atomic E-state index is -0.417. The zero-order chi connectivity index (χ0) is 81.1. The summed E-state index contributed by atoms with van der Waals surface area (Å²) in [5, 5.41) is 23.3. The van der Waals surface area contributed by atoms with Crippen LogP contribution in [0.5, 0.6) is 0 Å². The molecule has 0 aliphatic carbocycles. The van der Waals surface area contributed by atoms with Gasteiger partial charge in [-0.2, -0.15) is 5.10 Å². The molecule has 0 unspecified atom stereocenters. The molecule has 15 heteroatoms. The number of carbonyl (C=O) groups excluding carboxylic acids is 2. The SMILES string of the molecule is CC(C)(C)C(=O)C=C(O)C(C)(C)C.CC(C)(C)C(=O)C=C(O)C(C)(C)C.Cc1ccc(-c2[c-]ccc(-c3ccccc3)c2)nc1.Cc1ccnc(-c2[c-]ccc(-c3ccnn3C)c2)c1.[Ir].[Ir].[Ir].[Ir].[c-]1ccc(-c2ccccc2)cc1-c1cc(N(c2ccccc2)c2ccccc2)ccn1.[c-]1ccc(-c2ccccc2)cc1-c1ccccn1. The zero-order valence-corrected chi connectivity index (χ0v) is 78.4. The number of aryl methyl sites for hydroxylation is 3. The van der Waals surface area contributed by atoms with Gasteiger partial charge in [0.05, 0.1) is 0 Å². The van der Waals surface area contributed by atoms with Crippen LogP contribution in [0.2, 0.25) is 0 Å². The molecular weight excluding hydrogens is 2160 g/mol. The van der Waals surface area contributed by atoms with Crippen molar-refractivity contribution in [3.05, 3.63) is 375 Å². The number of hydrogen-bond donors (Lipinski definition) is 2. The molecule has 11 nitrogen and oxygen atoms in total. The summed E-state index contributed by atoms with van der Waals surface area (Å²) in [7, 11) is 1.94. The maximum Gasteiger partial charge on any atom is 0.164 e. The number of allylic oxidation sites excluding steroid dienone is 4. The number of rotatable bonds is 13. The Morgan fingerprint density at radius 3 is 1.05 bits per heavy atom. The third-order valence-electron chi connectivity index (χ3n) is 17.8. The smallest absolute Gasteiger partial charge is 0.164 e. The van der Waals surface area contributed by atoms with E-state index in [-0.39, 0.29) is 114 Å². The fraction of sp³-hybridized carbons (Fsp3) is 0.186. The van der Waals surface area contributed by atoms with E-state index < -0.39 is 10.8 Å². The number of aliphatic hydroxyl groups is 2. The second-order valence-corrected chi connectivity index (χ2v) is 31.2. The van der Waals surface area contributed by atoms with Gasteiger partial charge in [-0.3, -0.25) is 14.3 Å². The van der Waals surface area contributed by atoms with Crippen molar-refractivity contribution in [2.24, 2.45) is 28.7 Å². The van der Waals surface area contributed by atoms with Crippen LogP contribution in [0.25, 0.3) is 89.7 Å². The van der Waals surface area contributed by atoms with Crippen LogP contribution in [-0.2, 0) is 97.1 Å². The molecule has 9 aromatic carbocycles. The summed E-state index contributed by atoms with van der Waals surface area (Å²) in [5.74, 6) is 0.208. The molecule has 2 N–H and O–H groups in total. The van der Waals surface area contributed by atoms with Gasteiger partial charge in [0.15, 0.2) is 11.6 Å². The van der Waals surface area contributed by atoms with E-state index in [1.54, 1.807) is 12.4 Å². The zero-order valence-electron chi connectivity index (χ0n) is 68.9. The van der Waals surface area contributed by atoms with E-state index in [2.05, 4.69) is 231 Å². The summed E-state index contributed by atoms with van der Waals surface area (Å²) < 4.78 is 1.86. The van der Waals surface area contributed by atoms with Gasteiger partial charge in [0.25, 0.3) is 0 Å². The van der Waals surface area contributed by atoms with Gasteiger partial charge >= 0.3 is 0 Å². The number of aliphatic hydroxyl groups excluding tert-OH is 2. The van der Waals surface area contributed by atoms with Gasteiger partial charge in [0.1, 0.15) is 11.5 Å². The average molecular weight is 2260 g/mol. The van der Waals surface area contributed by atoms with Gasteiger partial charge in [-0.05, 0) is 107 Å². The molecule has 117 heavy (non-hydrogen) atoms. The van der Waals surface area contributed by atoms with Crippen LogP contribution in [0.1, 0.15) is 94.2 Å². The second-order valence-electron chi connectivity index (χ2n) is 31.2. The van der Waals surface area contributed by atoms with Crippen molar-refractivity contribution in [2.75, 3.05) is 4.90 Å². The van der Waals surface area contributed by atoms with E-state index in [0.29, 0.717) is 0 Å². The number of anilines is 3. The fourth-order valence-corrected chi connectivity index (χ4v) is 11.0. The van der Waals surface area contributed by atoms with E-state index in [9.17, 15) is 19.8 Å². The molecule has 14 rings (SSSR count). The summed E-state index contributed by atoms with van der Waals surface area (Å²) in [4.78, 5) is 43.1. The van der Waals surface area contributed by atoms with Gasteiger partial charge in [-0.15, -0.1) is 136 Å². The van der Waals surface area contributed by atoms with Crippen molar-refractivity contribution in [3.63, 3.8) is 0 Å². The summed E-state index contributed by atoms with van der Waals surface area (Å²) in [6.45, 7) is 26.3. The first kappa shape index (κ1) is 97.2. The first-order chi connectivity index (χ1) is 54.0. The molecule has 14 aromatic rings. The summed E-state index contributed by atoms with van der Waals surface area (Å²) in [6, 6.07) is 110. The van der Waals surface area contributed by atoms with Crippen LogP contribution < -0.4 is 4.90 Å². The molecule has 0 bridgehead atoms. The van der Waals surface area contributed by atoms with E-state index in [0.717, 1.165) is 78.9 Å². The topological polar surface area (TPSA) is 147 Å². The predicted octanol–water partition coefficient (Wildman–Crippen LogP) is 25.9. The van der Waals surface area contributed by atoms with Gasteiger partial charge in [-0.25, -0.2) is 0 Å². The molecule has 0 atom stereocenters. The van der Waals surface area contributed by atoms with Gasteiger partial charge < -0.3 is 35.0 Å². The van der Waals surface area contributed by atoms with Crippen LogP contribution in [0, 0.1) is 59.8 Å². The van der Waals surface area contributed by atoms with Crippen molar-refractivity contribution >= 4 is 28.6 Å². The Balaban J connectivity index is 0.000000256. The van der Waals surface area contributed by atoms with Crippen LogP contribution in [-0.4, -0.2) is 51.5 Å². The third-order valence-corrected chi connectivity index (χ3v) is 17.8. The Kier molecular flexibility index (Phi) is 38.6. The van der Waals surface area contributed by atoms with Crippen molar-refractivity contribution < 1.29 is 100 Å². The molecule has 0 saturated heterocycles. The maximum absolute atomic E-state index is 11.5. The molecule has 608 valence electrons. The Morgan fingerprint density at radius 2 is 0.692 bits per heavy atom. The first-order valence-electron chi connectivity index (χ1n) is 37.8. The van der Waals surface area contributed by atoms with Crippen LogP contribution in [0.15, 0.2) is 340 Å². The summed E-state index contributed by atoms with van der Waals surface area (Å²) in [5.41, 5.74) is 21.3. The van der Waals surface area contributed by atoms with Crippen molar-refractivity contribution in [1.82, 2.24) is 29.7 Å². The first-order valence-corrected chi connectivity index (χ1v) is 37.8. The van der Waals surface area contributed by atoms with Gasteiger partial charge in [-0.1, -0.05) is 258 Å². The predicted molar refractivity (Wildman–Crippen MR) is 466 cm³/mol. The number of para-hydroxylation sites is 2. The number of carbonyl (C=O) groups is 2. The Labute approximate surface area is 747 Å². The molecular formula is C102H101Ir4N7O4-4. The maximum atomic E-state index is 11.5. The molecule has 0 aliphatic heterocycles. The summed E-state index contributed by atoms with van der Waals surface area (Å²) in [6.07, 6.45) is 11.9. The van der Waals surface area contributed by atoms with Gasteiger partial charge in [0, 0.05) is 175 Å². The Bertz CT molecular complexity index is 5260. The molecule has 0 amide bonds. The molecule has 0 saturated carbocycles. The largest absolute Gasteiger partial charge is 0.512 e. The minimum absolute atomic E-state index is 0. The van der Waals surface area contributed by atoms with Crippen molar-refractivity contribution in [2.45, 2.75) is 96.9 Å². The molecule has 0 fully saturated rings. The fourth-order valence-electron chi connectivity index (χ4n) is 11.0. The van der Waals surface area contributed by atoms with Crippen molar-refractivity contribution in [3.8, 4) is 89.7 Å². The number of nitrogens with zero attached hydrogens (tertiary/aromatic N) is 7. The molecule has 5 aromatic heterocycles. The van der Waals surface area contributed by atoms with E-state index >= 15 is 0 Å². The molecule has 0 spiro atoms. The standard InChI is InChI=1S/C29H21N2.C18H14N.C17H12N.C16H14N3.2C11H20O2.4Ir/c1-4-11-23(12-5-1)24-13-10-14-25(21-24)29-22-28(19-20-30-29)31(26-15-6-2-7-16-26)27-17-8-3-9-18-27;1-14-10-11-18(19-13-14)17-9-5-8-16(12-17)15-6-3-2-4-7-15;1-2-7-14(8-3-1)15-9-6-10-16(13-15)17-11-4-5-12-18-17;1-12-6-8-17-15(10-12)13-4-3-5-14(11-13)16-7-9-18-19(16)2;2*1-10(2,3)8(12)7-9(13)11(4,5)6;;;;/h1-13,15-22H;2-8,10-13H,1H3;1-9,11-13H;3,5-11H,1-2H3;2*7,12H,1-6H3;;;;/q4*-1;;;;;;. The quantitative estimate of drug-likeness (QED) is 0.0649. The van der Waals surface area contributed by atoms with Gasteiger partial charge in [0.2, 0.25) is 0 Å². The minimum Gasteiger partial charge on any atom is -0.512 e. The van der Waals surface area contributed by atoms with E-state index in [4.69, 9.17) is 0 Å². The average Bonchev–Trinajstić information content (AvgIpc) is 0.993. The monoisotopic (exact) mass is 2260 g/mol. The van der Waals surface area contributed by atoms with Crippen molar-refractivity contribution in [1.29, 1.82) is 0 Å². The number of aromatic nitrogens is 6. The van der Waals surface area contributed by atoms with E-state index in [1.807, 2.05) is 236 Å². The normalized spacial score (nSPS) is 11.0. The number of ketones is 2. The Hall–Kier alpha value is -10.4. The summed E-state index contributed by atoms with van der Waals surface area (Å²) >= 11 is 0. The van der Waals surface area contributed by atoms with Crippen LogP contribution >= 0.6 is 0 Å². The number of benzene rings is 9. The second kappa shape index (κ2) is 46.5. The third kappa shape index (κ3) is 30.2. The number of pyridine rings is 4. The number of hydrogen-bond acceptors (Lipinski definition) is 10. The molecule has 0 aliphatic rings. The molecule has 5 heterocycles. The Morgan fingerprint density at radius 1 is 0.333 bits per heavy atom.